The highest BCUT2D eigenvalue weighted by atomic mass is 32.1. The minimum Gasteiger partial charge on any atom is -0.324 e. The summed E-state index contributed by atoms with van der Waals surface area (Å²) in [5.74, 6) is 0. The van der Waals surface area contributed by atoms with Crippen LogP contribution < -0.4 is 0 Å². The van der Waals surface area contributed by atoms with E-state index in [4.69, 9.17) is 21.8 Å². The largest absolute Gasteiger partial charge is 0.325 e. The Morgan fingerprint density at radius 2 is 0.609 bits per heavy atom. The smallest absolute Gasteiger partial charge is 0.324 e. The molecule has 0 aromatic carbocycles. The average molecular weight is 1440 g/mol. The Morgan fingerprint density at radius 3 is 0.761 bits per heavy atom. The molecule has 4 N–H and O–H groups in total. The molecule has 0 aliphatic rings. The van der Waals surface area contributed by atoms with Gasteiger partial charge in [0.25, 0.3) is 0 Å². The Kier molecular flexibility index (Phi) is 86.4. The topological polar surface area (TPSA) is 213 Å². The zero-order chi connectivity index (χ0) is 70.9. The molecule has 0 unspecified atom stereocenters. The molecule has 0 saturated heterocycles. The molecule has 544 valence electrons. The van der Waals surface area contributed by atoms with Crippen LogP contribution in [-0.2, 0) is 45.3 Å². The van der Waals surface area contributed by atoms with Crippen LogP contribution >= 0.6 is 61.9 Å². The van der Waals surface area contributed by atoms with Gasteiger partial charge in [0.1, 0.15) is 12.6 Å². The predicted molar refractivity (Wildman–Crippen MR) is 411 cm³/mol. The van der Waals surface area contributed by atoms with Crippen molar-refractivity contribution in [1.82, 2.24) is 4.98 Å². The molecule has 0 aliphatic heterocycles. The van der Waals surface area contributed by atoms with Crippen LogP contribution in [0.1, 0.15) is 332 Å². The van der Waals surface area contributed by atoms with Gasteiger partial charge in [-0.1, -0.05) is 279 Å². The number of rotatable bonds is 55. The molecule has 0 amide bonds. The molecule has 0 saturated carbocycles. The summed E-state index contributed by atoms with van der Waals surface area (Å²) in [4.78, 5) is 47.0. The van der Waals surface area contributed by atoms with Gasteiger partial charge in [-0.25, -0.2) is 9.13 Å². The third-order valence-corrected chi connectivity index (χ3v) is 24.8. The van der Waals surface area contributed by atoms with Crippen molar-refractivity contribution in [2.45, 2.75) is 331 Å². The fourth-order valence-electron chi connectivity index (χ4n) is 10.2. The van der Waals surface area contributed by atoms with Gasteiger partial charge in [-0.15, -0.1) is 0 Å². The predicted octanol–water partition coefficient (Wildman–Crippen LogP) is 26.3. The fraction of sp³-hybridized carbons (Fsp3) is 0.795. The maximum Gasteiger partial charge on any atom is 0.325 e. The molecule has 0 radical (unpaired) electrons. The van der Waals surface area contributed by atoms with E-state index in [-0.39, 0.29) is 9.02 Å². The van der Waals surface area contributed by atoms with E-state index in [1.54, 1.807) is 35.1 Å². The van der Waals surface area contributed by atoms with Gasteiger partial charge in [0.2, 0.25) is 2.86 Å². The molecule has 0 atom stereocenters. The average Bonchev–Trinajstić information content (AvgIpc) is 2.80. The van der Waals surface area contributed by atoms with Crippen LogP contribution in [0.4, 0.5) is 0 Å². The van der Waals surface area contributed by atoms with E-state index in [9.17, 15) is 23.3 Å². The van der Waals surface area contributed by atoms with Crippen molar-refractivity contribution in [3.05, 3.63) is 75.4 Å². The van der Waals surface area contributed by atoms with Crippen LogP contribution in [0.25, 0.3) is 0 Å². The maximum absolute atomic E-state index is 13.5. The highest BCUT2D eigenvalue weighted by molar-refractivity contribution is 7.64. The Balaban J connectivity index is -0.000000206. The van der Waals surface area contributed by atoms with Gasteiger partial charge in [-0.3, -0.25) is 9.55 Å². The molecule has 3 aromatic heterocycles. The van der Waals surface area contributed by atoms with Gasteiger partial charge in [0, 0.05) is 71.2 Å². The van der Waals surface area contributed by atoms with Crippen molar-refractivity contribution in [2.24, 2.45) is 0 Å². The van der Waals surface area contributed by atoms with Crippen molar-refractivity contribution < 1.29 is 54.8 Å². The number of hydrogen-bond donors (Lipinski definition) is 4. The summed E-state index contributed by atoms with van der Waals surface area (Å²) in [6.07, 6.45) is 66.6. The number of unbranched alkanes of at least 4 members (excludes halogenated alkanes) is 35. The van der Waals surface area contributed by atoms with Gasteiger partial charge in [0.15, 0.2) is 0 Å². The summed E-state index contributed by atoms with van der Waals surface area (Å²) >= 11 is 3.24. The zero-order valence-electron chi connectivity index (χ0n) is 61.6. The van der Waals surface area contributed by atoms with Gasteiger partial charge < -0.3 is 38.3 Å². The van der Waals surface area contributed by atoms with E-state index >= 15 is 0 Å². The molecular formula is C73H144NO11P5S2. The first kappa shape index (κ1) is 94.8. The Hall–Kier alpha value is -1.38. The number of thiophene rings is 2. The summed E-state index contributed by atoms with van der Waals surface area (Å²) in [6.45, 7) is 15.8. The van der Waals surface area contributed by atoms with Crippen LogP contribution in [0, 0.1) is 0 Å². The zero-order valence-corrected chi connectivity index (χ0v) is 65.7. The Bertz CT molecular complexity index is 1830. The summed E-state index contributed by atoms with van der Waals surface area (Å²) in [7, 11) is -8.66. The first-order valence-electron chi connectivity index (χ1n) is 37.3. The number of carbonyl (C=O) groups excluding carboxylic acids is 2. The third-order valence-electron chi connectivity index (χ3n) is 15.7. The molecule has 12 nitrogen and oxygen atoms in total. The SMILES string of the molecule is CCCCCCCCP(=O)(CCCCCCCC)CCCCCCCC.CCCCCCCCP(=O)(CCCCCCCC)CCCCCCCC.CCCCCCCCP(=O)(O)O.O=CCc1ccsc1.O=CCc1ccsc1.[3HH].[3HH].[3H]OP=O.[3H]OP=O.c1ccncc1. The maximum atomic E-state index is 13.5. The second-order valence-corrected chi connectivity index (χ2v) is 34.9. The van der Waals surface area contributed by atoms with E-state index < -0.39 is 39.3 Å². The molecule has 3 rings (SSSR count). The standard InChI is InChI=1S/2C24H51OP.C8H19O3P.2C6H6OS.C5H5N.2HO2P.2H2/c2*1-4-7-10-13-16-19-22-26(25,23-20-17-14-11-8-5-2)24-21-18-15-12-9-6-3;1-2-3-4-5-6-7-8-12(9,10)11;2*7-3-1-6-2-4-8-5-6;1-2-4-6-5-3-1;2*1-3-2;;/h2*4-24H2,1-3H3;2-8H2,1H3,(H2,9,10,11);2*2-5H,1H2;1-5H;2*(H,1,2);2*1H/i;;;;;;;;2*1+2/hT2. The highest BCUT2D eigenvalue weighted by Gasteiger charge is 2.22. The van der Waals surface area contributed by atoms with Crippen LogP contribution in [0.5, 0.6) is 0 Å². The molecule has 3 heterocycles. The van der Waals surface area contributed by atoms with E-state index in [0.29, 0.717) is 19.3 Å². The van der Waals surface area contributed by atoms with Gasteiger partial charge in [0.05, 0.1) is 14.3 Å². The van der Waals surface area contributed by atoms with E-state index in [0.717, 1.165) is 73.5 Å². The quantitative estimate of drug-likeness (QED) is 0.0236. The highest BCUT2D eigenvalue weighted by Crippen LogP contribution is 2.49. The molecular weight excluding hydrogens is 1290 g/mol. The lowest BCUT2D eigenvalue weighted by atomic mass is 10.1. The second kappa shape index (κ2) is 83.8. The molecule has 19 heteroatoms. The van der Waals surface area contributed by atoms with Crippen molar-refractivity contribution in [2.75, 3.05) is 43.1 Å². The van der Waals surface area contributed by atoms with Crippen LogP contribution in [0.3, 0.4) is 0 Å². The number of aromatic nitrogens is 1. The van der Waals surface area contributed by atoms with Gasteiger partial charge >= 0.3 is 25.0 Å². The number of nitrogens with zero attached hydrogens (tertiary/aromatic N) is 1. The first-order chi connectivity index (χ1) is 45.6. The third kappa shape index (κ3) is 88.6. The lowest BCUT2D eigenvalue weighted by Crippen LogP contribution is -2.02. The minimum absolute atomic E-state index is 0. The van der Waals surface area contributed by atoms with Gasteiger partial charge in [-0.2, -0.15) is 22.7 Å². The Labute approximate surface area is 583 Å². The second-order valence-electron chi connectivity index (χ2n) is 24.4. The van der Waals surface area contributed by atoms with Crippen LogP contribution in [-0.4, -0.2) is 83.1 Å². The van der Waals surface area contributed by atoms with E-state index in [1.165, 1.54) is 250 Å². The summed E-state index contributed by atoms with van der Waals surface area (Å²) in [5, 5.41) is 7.90. The molecule has 92 heavy (non-hydrogen) atoms. The molecule has 0 bridgehead atoms. The van der Waals surface area contributed by atoms with Crippen molar-refractivity contribution >= 4 is 74.5 Å². The number of aldehydes is 2. The molecule has 3 aromatic rings. The number of hydrogen-bond acceptors (Lipinski definition) is 12. The molecule has 0 aliphatic carbocycles. The minimum atomic E-state index is -3.72. The lowest BCUT2D eigenvalue weighted by molar-refractivity contribution is -0.108. The number of carbonyl (C=O) groups is 2. The first-order valence-corrected chi connectivity index (χ1v) is 46.1. The summed E-state index contributed by atoms with van der Waals surface area (Å²) in [6, 6.07) is 9.63. The summed E-state index contributed by atoms with van der Waals surface area (Å²) < 4.78 is 66.3. The van der Waals surface area contributed by atoms with Crippen LogP contribution in [0.2, 0.25) is 0 Å². The van der Waals surface area contributed by atoms with Crippen molar-refractivity contribution in [3.8, 4) is 0 Å². The van der Waals surface area contributed by atoms with Crippen LogP contribution in [0.15, 0.2) is 64.2 Å². The molecule has 0 fully saturated rings. The van der Waals surface area contributed by atoms with E-state index in [2.05, 4.69) is 63.2 Å². The van der Waals surface area contributed by atoms with E-state index in [1.807, 2.05) is 51.9 Å². The normalized spacial score (nSPS) is 11.1. The van der Waals surface area contributed by atoms with Gasteiger partial charge in [-0.05, 0) is 102 Å². The van der Waals surface area contributed by atoms with Crippen molar-refractivity contribution in [1.29, 1.82) is 2.86 Å². The lowest BCUT2D eigenvalue weighted by Gasteiger charge is -2.18. The fourth-order valence-corrected chi connectivity index (χ4v) is 18.3. The Morgan fingerprint density at radius 1 is 0.391 bits per heavy atom. The number of pyridine rings is 1. The summed E-state index contributed by atoms with van der Waals surface area (Å²) in [5.41, 5.74) is 2.23. The molecule has 0 spiro atoms. The van der Waals surface area contributed by atoms with Crippen molar-refractivity contribution in [3.63, 3.8) is 0 Å². The monoisotopic (exact) mass is 1440 g/mol.